The number of amides is 7. The summed E-state index contributed by atoms with van der Waals surface area (Å²) in [6.07, 6.45) is -21.4. The van der Waals surface area contributed by atoms with E-state index < -0.39 is 261 Å². The molecule has 4 saturated heterocycles. The van der Waals surface area contributed by atoms with Crippen LogP contribution in [0.4, 0.5) is 0 Å². The van der Waals surface area contributed by atoms with Crippen LogP contribution in [0.15, 0.2) is 72.8 Å². The molecule has 11 bridgehead atoms. The summed E-state index contributed by atoms with van der Waals surface area (Å²) in [5.41, 5.74) is 13.4. The van der Waals surface area contributed by atoms with E-state index in [9.17, 15) is 65.4 Å². The van der Waals surface area contributed by atoms with Crippen LogP contribution < -0.4 is 63.3 Å². The number of likely N-dealkylation sites (N-methyl/N-ethyl adjacent to an activating group) is 1. The van der Waals surface area contributed by atoms with Crippen molar-refractivity contribution < 1.29 is 127 Å². The van der Waals surface area contributed by atoms with E-state index in [0.29, 0.717) is 13.0 Å². The van der Waals surface area contributed by atoms with Crippen LogP contribution in [-0.4, -0.2) is 238 Å². The summed E-state index contributed by atoms with van der Waals surface area (Å²) in [6.45, 7) is 10.4. The van der Waals surface area contributed by atoms with Crippen molar-refractivity contribution in [2.24, 2.45) is 23.1 Å². The molecule has 9 heterocycles. The standard InChI is InChI=1S/C79H99Cl2N11O26/c1-9-10-17-85-28-40-46(95)24-39-55(62(40)98)38-19-34(11-14-45(38)94)56-71(104)90-59(73(106)89-58(39)76(109)110)65(116-53-26-78(6,83)68(101)32(4)111-53)36-13-16-48(42(81)21-36)114-50-23-37-22-49(66(50)118-77-67(64(100)63(99)51(29-93)115-77)117-54-27-79(7,84)69(102)33(5)112-54)113-47-15-12-35(20-41(47)80)61(97)60(92-30-91(8)44(75(92)108)18-31(2)3)74(107)86-43(25-52(82)96)70(103)87-57(37)72(105)88-56/h11-16,19-24,31-33,43-44,51,53-54,56-61,63-65,67-69,77,85,93-95,97-102H,9-10,17-18,25-30,83-84H2,1-8H3,(H2,82,96)(H,86,107)(H,87,103)(H,88,105)(H,89,106)(H,90,104)(H,109,110)/t32-,33-,43-,44?,51-,53-,54-,56+,57+,58+,59-,60+,61+,63-,64+,65+,67-,68+,69+,77+,78-,79-/m0/s1. The fraction of sp³-hybridized carbons (Fsp3) is 0.519. The maximum Gasteiger partial charge on any atom is 0.330 e. The van der Waals surface area contributed by atoms with Gasteiger partial charge in [0.2, 0.25) is 53.4 Å². The van der Waals surface area contributed by atoms with Gasteiger partial charge < -0.3 is 143 Å². The lowest BCUT2D eigenvalue weighted by atomic mass is 9.86. The number of aliphatic hydroxyl groups is 6. The van der Waals surface area contributed by atoms with Gasteiger partial charge in [-0.15, -0.1) is 0 Å². The molecular weight excluding hydrogens is 1590 g/mol. The molecule has 0 radical (unpaired) electrons. The number of hydrogen-bond acceptors (Lipinski definition) is 29. The van der Waals surface area contributed by atoms with Gasteiger partial charge in [-0.3, -0.25) is 38.5 Å². The molecule has 14 rings (SSSR count). The summed E-state index contributed by atoms with van der Waals surface area (Å²) < 4.78 is 52.1. The summed E-state index contributed by atoms with van der Waals surface area (Å²) in [5, 5.41) is 132. The van der Waals surface area contributed by atoms with Crippen LogP contribution in [0.25, 0.3) is 11.1 Å². The number of fused-ring (bicyclic) bond motifs is 15. The van der Waals surface area contributed by atoms with Crippen LogP contribution in [0.5, 0.6) is 46.0 Å². The Morgan fingerprint density at radius 1 is 0.695 bits per heavy atom. The van der Waals surface area contributed by atoms with Crippen LogP contribution >= 0.6 is 23.2 Å². The van der Waals surface area contributed by atoms with E-state index in [2.05, 4.69) is 31.9 Å². The Bertz CT molecular complexity index is 4680. The number of carboxylic acid groups (broad SMARTS) is 1. The highest BCUT2D eigenvalue weighted by Gasteiger charge is 2.53. The van der Waals surface area contributed by atoms with Gasteiger partial charge in [-0.1, -0.05) is 68.6 Å². The Balaban J connectivity index is 1.13. The lowest BCUT2D eigenvalue weighted by Crippen LogP contribution is -2.64. The topological polar surface area (TPSA) is 569 Å². The minimum atomic E-state index is -2.38. The van der Waals surface area contributed by atoms with E-state index in [-0.39, 0.29) is 71.4 Å². The number of nitrogens with two attached hydrogens (primary N) is 3. The molecule has 0 spiro atoms. The fourth-order valence-corrected chi connectivity index (χ4v) is 16.3. The number of aromatic hydroxyl groups is 3. The van der Waals surface area contributed by atoms with Crippen molar-refractivity contribution in [1.29, 1.82) is 0 Å². The Morgan fingerprint density at radius 2 is 1.28 bits per heavy atom. The van der Waals surface area contributed by atoms with Crippen LogP contribution in [0.3, 0.4) is 0 Å². The predicted octanol–water partition coefficient (Wildman–Crippen LogP) is 1.63. The Kier molecular flexibility index (Phi) is 26.5. The number of primary amides is 1. The van der Waals surface area contributed by atoms with Crippen LogP contribution in [0.2, 0.25) is 10.0 Å². The number of nitrogens with zero attached hydrogens (tertiary/aromatic N) is 2. The van der Waals surface area contributed by atoms with E-state index in [0.717, 1.165) is 47.7 Å². The maximum absolute atomic E-state index is 16.6. The number of ether oxygens (including phenoxy) is 8. The molecule has 7 amide bonds. The van der Waals surface area contributed by atoms with E-state index in [4.69, 9.17) is 78.3 Å². The van der Waals surface area contributed by atoms with Gasteiger partial charge in [0.25, 0.3) is 0 Å². The number of carbonyl (C=O) groups excluding carboxylic acids is 7. The summed E-state index contributed by atoms with van der Waals surface area (Å²) in [5.74, 6) is -15.5. The minimum absolute atomic E-state index is 0.0693. The zero-order valence-corrected chi connectivity index (χ0v) is 67.0. The van der Waals surface area contributed by atoms with Crippen molar-refractivity contribution in [3.63, 3.8) is 0 Å². The number of unbranched alkanes of at least 4 members (excludes halogenated alkanes) is 1. The van der Waals surface area contributed by atoms with E-state index in [1.165, 1.54) is 64.1 Å². The Hall–Kier alpha value is -9.36. The average Bonchev–Trinajstić information content (AvgIpc) is 0.932. The molecule has 22 atom stereocenters. The lowest BCUT2D eigenvalue weighted by molar-refractivity contribution is -0.333. The summed E-state index contributed by atoms with van der Waals surface area (Å²) in [4.78, 5) is 125. The summed E-state index contributed by atoms with van der Waals surface area (Å²) in [6, 6.07) is -0.611. The van der Waals surface area contributed by atoms with E-state index in [1.54, 1.807) is 11.9 Å². The number of aliphatic carboxylic acids is 1. The Morgan fingerprint density at radius 3 is 1.86 bits per heavy atom. The molecule has 1 unspecified atom stereocenters. The molecule has 5 aromatic carbocycles. The molecule has 640 valence electrons. The number of phenols is 3. The SMILES string of the molecule is CCCCNCc1c(O)cc2c(c1O)-c1cc(ccc1O)[C@H]1NC(=O)[C@@H]3NC(=O)[C@H](CC(N)=O)NC(=O)[C@H](N4CN(C)C(CC(C)C)C4=O)[C@H](O)c4ccc(c(Cl)c4)Oc4cc3cc(c4O[C@H]3O[C@@H](CO)[C@H](O)[C@@H](O)[C@@H]3O[C@H]3C[C@](C)(N)[C@H](O)[C@H](C)O3)Oc3ccc(cc3Cl)[C@@H](O[C@H]3C[C@](C)(N)[C@H](O)[C@H](C)O3)[C@H](NC1=O)C(=O)N[C@H]2C(=O)O. The number of aliphatic hydroxyl groups excluding tert-OH is 6. The van der Waals surface area contributed by atoms with Crippen molar-refractivity contribution in [2.75, 3.05) is 26.9 Å². The number of nitrogens with one attached hydrogen (secondary N) is 6. The normalized spacial score (nSPS) is 32.2. The second kappa shape index (κ2) is 35.5. The highest BCUT2D eigenvalue weighted by atomic mass is 35.5. The average molecular weight is 1690 g/mol. The maximum atomic E-state index is 16.6. The molecular formula is C79H99Cl2N11O26. The van der Waals surface area contributed by atoms with Gasteiger partial charge in [0, 0.05) is 47.2 Å². The number of benzene rings is 5. The van der Waals surface area contributed by atoms with Crippen LogP contribution in [0.1, 0.15) is 151 Å². The molecule has 5 aromatic rings. The summed E-state index contributed by atoms with van der Waals surface area (Å²) >= 11 is 14.7. The van der Waals surface area contributed by atoms with Crippen molar-refractivity contribution >= 4 is 70.5 Å². The minimum Gasteiger partial charge on any atom is -0.507 e. The predicted molar refractivity (Wildman–Crippen MR) is 415 cm³/mol. The monoisotopic (exact) mass is 1690 g/mol. The smallest absolute Gasteiger partial charge is 0.330 e. The zero-order valence-electron chi connectivity index (χ0n) is 65.5. The van der Waals surface area contributed by atoms with Crippen molar-refractivity contribution in [3.8, 4) is 57.1 Å². The second-order valence-electron chi connectivity index (χ2n) is 31.9. The van der Waals surface area contributed by atoms with Crippen LogP contribution in [-0.2, 0) is 68.6 Å². The summed E-state index contributed by atoms with van der Waals surface area (Å²) in [7, 11) is 1.61. The third kappa shape index (κ3) is 18.2. The molecule has 9 aliphatic rings. The first-order chi connectivity index (χ1) is 55.7. The molecule has 37 nitrogen and oxygen atoms in total. The molecule has 0 aliphatic carbocycles. The van der Waals surface area contributed by atoms with Crippen molar-refractivity contribution in [2.45, 2.75) is 227 Å². The molecule has 22 N–H and O–H groups in total. The largest absolute Gasteiger partial charge is 0.507 e. The van der Waals surface area contributed by atoms with Gasteiger partial charge in [-0.25, -0.2) is 4.79 Å². The first kappa shape index (κ1) is 87.9. The van der Waals surface area contributed by atoms with Gasteiger partial charge in [-0.05, 0) is 137 Å². The molecule has 39 heteroatoms. The third-order valence-electron chi connectivity index (χ3n) is 22.2. The van der Waals surface area contributed by atoms with Crippen LogP contribution in [0, 0.1) is 5.92 Å². The van der Waals surface area contributed by atoms with E-state index in [1.807, 2.05) is 20.8 Å². The molecule has 118 heavy (non-hydrogen) atoms. The number of carboxylic acids is 1. The number of phenolic OH excluding ortho intramolecular Hbond substituents is 3. The van der Waals surface area contributed by atoms with Gasteiger partial charge in [0.05, 0.1) is 65.8 Å². The van der Waals surface area contributed by atoms with Gasteiger partial charge in [0.1, 0.15) is 89.5 Å². The second-order valence-corrected chi connectivity index (χ2v) is 32.7. The van der Waals surface area contributed by atoms with Gasteiger partial charge in [-0.2, -0.15) is 0 Å². The van der Waals surface area contributed by atoms with E-state index >= 15 is 24.0 Å². The highest BCUT2D eigenvalue weighted by molar-refractivity contribution is 6.32. The number of hydrogen-bond donors (Lipinski definition) is 19. The third-order valence-corrected chi connectivity index (χ3v) is 22.8. The first-order valence-corrected chi connectivity index (χ1v) is 39.3. The molecule has 4 fully saturated rings. The molecule has 9 aliphatic heterocycles. The number of halogens is 2. The van der Waals surface area contributed by atoms with Gasteiger partial charge in [0.15, 0.2) is 36.2 Å². The highest BCUT2D eigenvalue weighted by Crippen LogP contribution is 2.51. The first-order valence-electron chi connectivity index (χ1n) is 38.5. The number of carbonyl (C=O) groups is 8. The molecule has 0 aromatic heterocycles. The quantitative estimate of drug-likeness (QED) is 0.0554. The zero-order chi connectivity index (χ0) is 85.7. The number of rotatable bonds is 18. The molecule has 0 saturated carbocycles. The Labute approximate surface area is 686 Å². The van der Waals surface area contributed by atoms with Crippen molar-refractivity contribution in [3.05, 3.63) is 116 Å². The lowest BCUT2D eigenvalue weighted by Gasteiger charge is -2.47. The fourth-order valence-electron chi connectivity index (χ4n) is 15.8. The van der Waals surface area contributed by atoms with Gasteiger partial charge >= 0.3 is 5.97 Å². The van der Waals surface area contributed by atoms with Crippen molar-refractivity contribution in [1.82, 2.24) is 41.7 Å².